The van der Waals surface area contributed by atoms with Gasteiger partial charge in [0.25, 0.3) is 0 Å². The minimum Gasteiger partial charge on any atom is -0.327 e. The number of rotatable bonds is 5. The summed E-state index contributed by atoms with van der Waals surface area (Å²) in [6.07, 6.45) is 0.745. The summed E-state index contributed by atoms with van der Waals surface area (Å²) in [5.74, 6) is 0.866. The van der Waals surface area contributed by atoms with Crippen molar-refractivity contribution >= 4 is 23.4 Å². The van der Waals surface area contributed by atoms with Crippen LogP contribution in [0, 0.1) is 13.8 Å². The Balaban J connectivity index is 1.96. The molecule has 108 valence electrons. The molecule has 2 N–H and O–H groups in total. The zero-order valence-electron chi connectivity index (χ0n) is 12.1. The Morgan fingerprint density at radius 2 is 2.05 bits per heavy atom. The number of nitrogens with zero attached hydrogens (tertiary/aromatic N) is 2. The normalized spacial score (nSPS) is 12.7. The van der Waals surface area contributed by atoms with Crippen molar-refractivity contribution in [2.24, 2.45) is 12.8 Å². The smallest absolute Gasteiger partial charge is 0.0847 e. The molecule has 0 saturated carbocycles. The molecule has 1 heterocycles. The minimum atomic E-state index is 0.0620. The predicted molar refractivity (Wildman–Crippen MR) is 86.5 cm³/mol. The third kappa shape index (κ3) is 3.57. The lowest BCUT2D eigenvalue weighted by Gasteiger charge is -2.13. The zero-order valence-corrected chi connectivity index (χ0v) is 13.6. The summed E-state index contributed by atoms with van der Waals surface area (Å²) in [5, 5.41) is 5.06. The first-order valence-electron chi connectivity index (χ1n) is 6.61. The second-order valence-electron chi connectivity index (χ2n) is 5.01. The van der Waals surface area contributed by atoms with Gasteiger partial charge in [0.2, 0.25) is 0 Å². The molecule has 5 heteroatoms. The van der Waals surface area contributed by atoms with Crippen molar-refractivity contribution in [3.63, 3.8) is 0 Å². The van der Waals surface area contributed by atoms with Crippen molar-refractivity contribution in [3.8, 4) is 0 Å². The van der Waals surface area contributed by atoms with Crippen LogP contribution in [0.15, 0.2) is 29.2 Å². The number of hydrogen-bond donors (Lipinski definition) is 1. The van der Waals surface area contributed by atoms with Gasteiger partial charge in [0.05, 0.1) is 16.4 Å². The molecule has 1 unspecified atom stereocenters. The number of thioether (sulfide) groups is 1. The van der Waals surface area contributed by atoms with E-state index in [1.807, 2.05) is 18.7 Å². The second-order valence-corrected chi connectivity index (χ2v) is 6.45. The number of aryl methyl sites for hydroxylation is 3. The van der Waals surface area contributed by atoms with Gasteiger partial charge in [-0.1, -0.05) is 29.8 Å². The standard InChI is InChI=1S/C15H20ClN3S/c1-10-6-4-5-7-14(10)20-9-12(17)8-13-15(16)11(2)18-19(13)3/h4-7,12H,8-9,17H2,1-3H3. The monoisotopic (exact) mass is 309 g/mol. The Morgan fingerprint density at radius 3 is 2.65 bits per heavy atom. The van der Waals surface area contributed by atoms with Crippen LogP contribution in [0.25, 0.3) is 0 Å². The average molecular weight is 310 g/mol. The Morgan fingerprint density at radius 1 is 1.35 bits per heavy atom. The van der Waals surface area contributed by atoms with Crippen LogP contribution in [0.1, 0.15) is 17.0 Å². The molecule has 1 atom stereocenters. The van der Waals surface area contributed by atoms with Crippen molar-refractivity contribution in [2.75, 3.05) is 5.75 Å². The molecule has 0 aliphatic carbocycles. The second kappa shape index (κ2) is 6.66. The van der Waals surface area contributed by atoms with Crippen molar-refractivity contribution in [1.82, 2.24) is 9.78 Å². The quantitative estimate of drug-likeness (QED) is 0.861. The fourth-order valence-corrected chi connectivity index (χ4v) is 3.34. The summed E-state index contributed by atoms with van der Waals surface area (Å²) in [5.41, 5.74) is 9.40. The number of halogens is 1. The Labute approximate surface area is 129 Å². The lowest BCUT2D eigenvalue weighted by molar-refractivity contribution is 0.653. The Kier molecular flexibility index (Phi) is 5.13. The molecule has 20 heavy (non-hydrogen) atoms. The highest BCUT2D eigenvalue weighted by atomic mass is 35.5. The van der Waals surface area contributed by atoms with Crippen LogP contribution < -0.4 is 5.73 Å². The molecule has 0 spiro atoms. The highest BCUT2D eigenvalue weighted by molar-refractivity contribution is 7.99. The van der Waals surface area contributed by atoms with Gasteiger partial charge in [-0.05, 0) is 25.5 Å². The van der Waals surface area contributed by atoms with E-state index in [0.717, 1.165) is 28.6 Å². The zero-order chi connectivity index (χ0) is 14.7. The third-order valence-electron chi connectivity index (χ3n) is 3.26. The fourth-order valence-electron chi connectivity index (χ4n) is 2.12. The van der Waals surface area contributed by atoms with Crippen molar-refractivity contribution in [2.45, 2.75) is 31.2 Å². The lowest BCUT2D eigenvalue weighted by Crippen LogP contribution is -2.26. The first kappa shape index (κ1) is 15.4. The van der Waals surface area contributed by atoms with Crippen molar-refractivity contribution in [1.29, 1.82) is 0 Å². The van der Waals surface area contributed by atoms with Gasteiger partial charge in [-0.25, -0.2) is 0 Å². The van der Waals surface area contributed by atoms with Gasteiger partial charge in [-0.15, -0.1) is 11.8 Å². The summed E-state index contributed by atoms with van der Waals surface area (Å²) in [4.78, 5) is 1.29. The highest BCUT2D eigenvalue weighted by Crippen LogP contribution is 2.24. The van der Waals surface area contributed by atoms with Crippen molar-refractivity contribution in [3.05, 3.63) is 46.2 Å². The molecule has 2 aromatic rings. The van der Waals surface area contributed by atoms with Crippen molar-refractivity contribution < 1.29 is 0 Å². The van der Waals surface area contributed by atoms with E-state index >= 15 is 0 Å². The molecule has 1 aromatic heterocycles. The molecular weight excluding hydrogens is 290 g/mol. The van der Waals surface area contributed by atoms with E-state index in [-0.39, 0.29) is 6.04 Å². The molecule has 0 radical (unpaired) electrons. The summed E-state index contributed by atoms with van der Waals surface area (Å²) in [7, 11) is 1.91. The minimum absolute atomic E-state index is 0.0620. The maximum atomic E-state index is 6.25. The van der Waals surface area contributed by atoms with E-state index in [1.54, 1.807) is 11.8 Å². The van der Waals surface area contributed by atoms with E-state index in [9.17, 15) is 0 Å². The molecule has 0 aliphatic rings. The molecule has 0 saturated heterocycles. The van der Waals surface area contributed by atoms with E-state index in [1.165, 1.54) is 10.5 Å². The maximum absolute atomic E-state index is 6.25. The molecule has 0 aliphatic heterocycles. The number of aromatic nitrogens is 2. The van der Waals surface area contributed by atoms with Gasteiger partial charge < -0.3 is 5.73 Å². The average Bonchev–Trinajstić information content (AvgIpc) is 2.64. The number of hydrogen-bond acceptors (Lipinski definition) is 3. The van der Waals surface area contributed by atoms with Gasteiger partial charge in [0.15, 0.2) is 0 Å². The molecular formula is C15H20ClN3S. The number of nitrogens with two attached hydrogens (primary N) is 1. The molecule has 2 rings (SSSR count). The van der Waals surface area contributed by atoms with E-state index < -0.39 is 0 Å². The van der Waals surface area contributed by atoms with Gasteiger partial charge in [0, 0.05) is 30.2 Å². The first-order chi connectivity index (χ1) is 9.49. The van der Waals surface area contributed by atoms with Gasteiger partial charge in [-0.3, -0.25) is 4.68 Å². The van der Waals surface area contributed by atoms with Crippen LogP contribution in [-0.2, 0) is 13.5 Å². The topological polar surface area (TPSA) is 43.8 Å². The van der Waals surface area contributed by atoms with Crippen LogP contribution in [0.3, 0.4) is 0 Å². The molecule has 0 fully saturated rings. The lowest BCUT2D eigenvalue weighted by atomic mass is 10.2. The maximum Gasteiger partial charge on any atom is 0.0847 e. The predicted octanol–water partition coefficient (Wildman–Crippen LogP) is 3.35. The van der Waals surface area contributed by atoms with Crippen LogP contribution in [0.5, 0.6) is 0 Å². The summed E-state index contributed by atoms with van der Waals surface area (Å²) < 4.78 is 1.83. The van der Waals surface area contributed by atoms with Crippen LogP contribution >= 0.6 is 23.4 Å². The Hall–Kier alpha value is -0.970. The summed E-state index contributed by atoms with van der Waals surface area (Å²) in [6, 6.07) is 8.43. The highest BCUT2D eigenvalue weighted by Gasteiger charge is 2.15. The van der Waals surface area contributed by atoms with Gasteiger partial charge in [-0.2, -0.15) is 5.10 Å². The summed E-state index contributed by atoms with van der Waals surface area (Å²) in [6.45, 7) is 4.04. The van der Waals surface area contributed by atoms with E-state index in [4.69, 9.17) is 17.3 Å². The molecule has 0 amide bonds. The molecule has 1 aromatic carbocycles. The third-order valence-corrected chi connectivity index (χ3v) is 5.12. The first-order valence-corrected chi connectivity index (χ1v) is 7.97. The van der Waals surface area contributed by atoms with Crippen LogP contribution in [0.2, 0.25) is 5.02 Å². The van der Waals surface area contributed by atoms with Crippen LogP contribution in [0.4, 0.5) is 0 Å². The molecule has 0 bridgehead atoms. The SMILES string of the molecule is Cc1ccccc1SCC(N)Cc1c(Cl)c(C)nn1C. The van der Waals surface area contributed by atoms with Crippen LogP contribution in [-0.4, -0.2) is 21.6 Å². The van der Waals surface area contributed by atoms with Gasteiger partial charge in [0.1, 0.15) is 0 Å². The fraction of sp³-hybridized carbons (Fsp3) is 0.400. The summed E-state index contributed by atoms with van der Waals surface area (Å²) >= 11 is 8.05. The number of benzene rings is 1. The van der Waals surface area contributed by atoms with E-state index in [0.29, 0.717) is 0 Å². The van der Waals surface area contributed by atoms with Gasteiger partial charge >= 0.3 is 0 Å². The molecule has 3 nitrogen and oxygen atoms in total. The van der Waals surface area contributed by atoms with E-state index in [2.05, 4.69) is 36.3 Å². The largest absolute Gasteiger partial charge is 0.327 e. The Bertz CT molecular complexity index is 595.